The topological polar surface area (TPSA) is 71.3 Å². The Morgan fingerprint density at radius 2 is 1.72 bits per heavy atom. The fourth-order valence-electron chi connectivity index (χ4n) is 3.45. The molecule has 2 N–H and O–H groups in total. The number of carbonyl (C=O) groups is 2. The third-order valence-electron chi connectivity index (χ3n) is 4.95. The van der Waals surface area contributed by atoms with Gasteiger partial charge in [0.15, 0.2) is 0 Å². The molecule has 3 aromatic rings. The molecule has 2 aromatic carbocycles. The van der Waals surface area contributed by atoms with Crippen molar-refractivity contribution in [2.45, 2.75) is 38.3 Å². The molecule has 6 heteroatoms. The van der Waals surface area contributed by atoms with E-state index in [2.05, 4.69) is 5.32 Å². The summed E-state index contributed by atoms with van der Waals surface area (Å²) < 4.78 is 14.3. The minimum absolute atomic E-state index is 0.212. The molecule has 0 fully saturated rings. The summed E-state index contributed by atoms with van der Waals surface area (Å²) in [6.07, 6.45) is 4.10. The predicted octanol–water partition coefficient (Wildman–Crippen LogP) is 4.21. The average Bonchev–Trinajstić information content (AvgIpc) is 3.10. The van der Waals surface area contributed by atoms with Crippen molar-refractivity contribution in [1.29, 1.82) is 0 Å². The summed E-state index contributed by atoms with van der Waals surface area (Å²) in [6.45, 7) is 0.359. The first-order valence-electron chi connectivity index (χ1n) is 9.81. The van der Waals surface area contributed by atoms with Gasteiger partial charge in [0.1, 0.15) is 6.04 Å². The number of alkyl halides is 1. The molecule has 5 nitrogen and oxygen atoms in total. The first kappa shape index (κ1) is 20.6. The molecule has 0 spiro atoms. The van der Waals surface area contributed by atoms with E-state index in [-0.39, 0.29) is 13.1 Å². The van der Waals surface area contributed by atoms with E-state index in [1.54, 1.807) is 6.20 Å². The van der Waals surface area contributed by atoms with Gasteiger partial charge in [-0.3, -0.25) is 9.18 Å². The van der Waals surface area contributed by atoms with Gasteiger partial charge in [0.05, 0.1) is 12.2 Å². The standard InChI is InChI=1S/C23H25FN2O3/c24-13-7-2-8-14-26-16-19(18-11-5-6-12-21(18)26)22(27)25-20(23(28)29)15-17-9-3-1-4-10-17/h1,3-6,9-12,16,20H,2,7-8,13-15H2,(H,25,27)(H,28,29). The van der Waals surface area contributed by atoms with Crippen LogP contribution in [-0.2, 0) is 17.8 Å². The molecule has 0 saturated carbocycles. The number of halogens is 1. The van der Waals surface area contributed by atoms with Crippen LogP contribution < -0.4 is 5.32 Å². The van der Waals surface area contributed by atoms with Crippen LogP contribution >= 0.6 is 0 Å². The largest absolute Gasteiger partial charge is 0.480 e. The molecule has 0 radical (unpaired) electrons. The molecule has 152 valence electrons. The van der Waals surface area contributed by atoms with Gasteiger partial charge in [0.2, 0.25) is 0 Å². The van der Waals surface area contributed by atoms with Crippen LogP contribution in [0.15, 0.2) is 60.8 Å². The van der Waals surface area contributed by atoms with Crippen molar-refractivity contribution >= 4 is 22.8 Å². The van der Waals surface area contributed by atoms with Crippen molar-refractivity contribution < 1.29 is 19.1 Å². The Balaban J connectivity index is 1.79. The molecule has 0 aliphatic carbocycles. The van der Waals surface area contributed by atoms with Crippen molar-refractivity contribution in [3.63, 3.8) is 0 Å². The number of aliphatic carboxylic acids is 1. The summed E-state index contributed by atoms with van der Waals surface area (Å²) in [6, 6.07) is 15.7. The number of hydrogen-bond donors (Lipinski definition) is 2. The smallest absolute Gasteiger partial charge is 0.326 e. The van der Waals surface area contributed by atoms with Crippen molar-refractivity contribution in [1.82, 2.24) is 9.88 Å². The first-order valence-corrected chi connectivity index (χ1v) is 9.81. The second-order valence-electron chi connectivity index (χ2n) is 7.06. The zero-order valence-corrected chi connectivity index (χ0v) is 16.2. The molecule has 1 heterocycles. The summed E-state index contributed by atoms with van der Waals surface area (Å²) in [4.78, 5) is 24.6. The van der Waals surface area contributed by atoms with Gasteiger partial charge < -0.3 is 15.0 Å². The van der Waals surface area contributed by atoms with Crippen molar-refractivity contribution in [3.8, 4) is 0 Å². The van der Waals surface area contributed by atoms with Gasteiger partial charge in [0, 0.05) is 30.1 Å². The monoisotopic (exact) mass is 396 g/mol. The predicted molar refractivity (Wildman–Crippen MR) is 111 cm³/mol. The summed E-state index contributed by atoms with van der Waals surface area (Å²) >= 11 is 0. The number of fused-ring (bicyclic) bond motifs is 1. The highest BCUT2D eigenvalue weighted by molar-refractivity contribution is 6.07. The molecule has 0 bridgehead atoms. The SMILES string of the molecule is O=C(NC(Cc1ccccc1)C(=O)O)c1cn(CCCCCF)c2ccccc12. The van der Waals surface area contributed by atoms with Gasteiger partial charge in [-0.15, -0.1) is 0 Å². The lowest BCUT2D eigenvalue weighted by Crippen LogP contribution is -2.42. The zero-order chi connectivity index (χ0) is 20.6. The Hall–Kier alpha value is -3.15. The average molecular weight is 396 g/mol. The van der Waals surface area contributed by atoms with E-state index >= 15 is 0 Å². The highest BCUT2D eigenvalue weighted by atomic mass is 19.1. The number of unbranched alkanes of at least 4 members (excludes halogenated alkanes) is 2. The second-order valence-corrected chi connectivity index (χ2v) is 7.06. The maximum atomic E-state index is 12.9. The summed E-state index contributed by atoms with van der Waals surface area (Å²) in [5.74, 6) is -1.48. The number of carboxylic acid groups (broad SMARTS) is 1. The fourth-order valence-corrected chi connectivity index (χ4v) is 3.45. The summed E-state index contributed by atoms with van der Waals surface area (Å²) in [5.41, 5.74) is 2.20. The summed E-state index contributed by atoms with van der Waals surface area (Å²) in [7, 11) is 0. The number of carbonyl (C=O) groups excluding carboxylic acids is 1. The van der Waals surface area contributed by atoms with Gasteiger partial charge in [-0.05, 0) is 30.9 Å². The third-order valence-corrected chi connectivity index (χ3v) is 4.95. The van der Waals surface area contributed by atoms with E-state index < -0.39 is 17.9 Å². The highest BCUT2D eigenvalue weighted by Gasteiger charge is 2.23. The Bertz CT molecular complexity index is 969. The van der Waals surface area contributed by atoms with Crippen LogP contribution in [0.5, 0.6) is 0 Å². The lowest BCUT2D eigenvalue weighted by atomic mass is 10.1. The van der Waals surface area contributed by atoms with Crippen LogP contribution in [0.1, 0.15) is 35.2 Å². The number of nitrogens with zero attached hydrogens (tertiary/aromatic N) is 1. The number of rotatable bonds is 10. The number of aryl methyl sites for hydroxylation is 1. The van der Waals surface area contributed by atoms with E-state index in [4.69, 9.17) is 0 Å². The van der Waals surface area contributed by atoms with Gasteiger partial charge in [-0.1, -0.05) is 48.5 Å². The maximum absolute atomic E-state index is 12.9. The van der Waals surface area contributed by atoms with Crippen molar-refractivity contribution in [2.24, 2.45) is 0 Å². The van der Waals surface area contributed by atoms with E-state index in [9.17, 15) is 19.1 Å². The number of amides is 1. The number of nitrogens with one attached hydrogen (secondary N) is 1. The number of benzene rings is 2. The van der Waals surface area contributed by atoms with Gasteiger partial charge in [-0.25, -0.2) is 4.79 Å². The minimum Gasteiger partial charge on any atom is -0.480 e. The number of aromatic nitrogens is 1. The van der Waals surface area contributed by atoms with Crippen molar-refractivity contribution in [3.05, 3.63) is 71.9 Å². The highest BCUT2D eigenvalue weighted by Crippen LogP contribution is 2.22. The number of carboxylic acids is 1. The maximum Gasteiger partial charge on any atom is 0.326 e. The Labute approximate surface area is 169 Å². The van der Waals surface area contributed by atoms with Gasteiger partial charge in [0.25, 0.3) is 5.91 Å². The molecular weight excluding hydrogens is 371 g/mol. The van der Waals surface area contributed by atoms with Gasteiger partial charge in [-0.2, -0.15) is 0 Å². The van der Waals surface area contributed by atoms with E-state index in [0.29, 0.717) is 18.5 Å². The Morgan fingerprint density at radius 1 is 1.00 bits per heavy atom. The first-order chi connectivity index (χ1) is 14.1. The molecule has 0 aliphatic heterocycles. The molecule has 1 aromatic heterocycles. The zero-order valence-electron chi connectivity index (χ0n) is 16.2. The molecule has 0 saturated heterocycles. The quantitative estimate of drug-likeness (QED) is 0.505. The molecular formula is C23H25FN2O3. The normalized spacial score (nSPS) is 12.0. The molecule has 1 amide bonds. The number of para-hydroxylation sites is 1. The lowest BCUT2D eigenvalue weighted by Gasteiger charge is -2.14. The van der Waals surface area contributed by atoms with Crippen molar-refractivity contribution in [2.75, 3.05) is 6.67 Å². The Morgan fingerprint density at radius 3 is 2.45 bits per heavy atom. The van der Waals surface area contributed by atoms with Crippen LogP contribution in [0, 0.1) is 0 Å². The van der Waals surface area contributed by atoms with Crippen LogP contribution in [0.2, 0.25) is 0 Å². The second kappa shape index (κ2) is 9.87. The molecule has 29 heavy (non-hydrogen) atoms. The lowest BCUT2D eigenvalue weighted by molar-refractivity contribution is -0.139. The summed E-state index contributed by atoms with van der Waals surface area (Å²) in [5, 5.41) is 13.0. The van der Waals surface area contributed by atoms with Crippen LogP contribution in [0.3, 0.4) is 0 Å². The van der Waals surface area contributed by atoms with Gasteiger partial charge >= 0.3 is 5.97 Å². The minimum atomic E-state index is -1.07. The molecule has 1 atom stereocenters. The van der Waals surface area contributed by atoms with Crippen LogP contribution in [0.4, 0.5) is 4.39 Å². The third kappa shape index (κ3) is 5.22. The van der Waals surface area contributed by atoms with E-state index in [1.807, 2.05) is 59.2 Å². The van der Waals surface area contributed by atoms with Crippen LogP contribution in [-0.4, -0.2) is 34.3 Å². The Kier molecular flexibility index (Phi) is 7.00. The van der Waals surface area contributed by atoms with E-state index in [1.165, 1.54) is 0 Å². The van der Waals surface area contributed by atoms with E-state index in [0.717, 1.165) is 29.3 Å². The number of hydrogen-bond acceptors (Lipinski definition) is 2. The molecule has 3 rings (SSSR count). The van der Waals surface area contributed by atoms with Crippen LogP contribution in [0.25, 0.3) is 10.9 Å². The fraction of sp³-hybridized carbons (Fsp3) is 0.304. The molecule has 0 aliphatic rings. The molecule has 1 unspecified atom stereocenters.